The third-order valence-corrected chi connectivity index (χ3v) is 3.49. The summed E-state index contributed by atoms with van der Waals surface area (Å²) in [6.07, 6.45) is 0.951. The largest absolute Gasteiger partial charge is 0.493 e. The van der Waals surface area contributed by atoms with Gasteiger partial charge in [-0.25, -0.2) is 0 Å². The lowest BCUT2D eigenvalue weighted by atomic mass is 10.1. The van der Waals surface area contributed by atoms with Gasteiger partial charge in [0.25, 0.3) is 0 Å². The van der Waals surface area contributed by atoms with E-state index in [4.69, 9.17) is 9.26 Å². The predicted octanol–water partition coefficient (Wildman–Crippen LogP) is 2.85. The molecule has 0 aliphatic carbocycles. The van der Waals surface area contributed by atoms with Crippen molar-refractivity contribution in [3.8, 4) is 22.9 Å². The highest BCUT2D eigenvalue weighted by Crippen LogP contribution is 2.33. The molecular weight excluding hydrogens is 332 g/mol. The molecule has 1 aliphatic rings. The third-order valence-electron chi connectivity index (χ3n) is 3.49. The van der Waals surface area contributed by atoms with Gasteiger partial charge >= 0.3 is 6.61 Å². The van der Waals surface area contributed by atoms with Crippen molar-refractivity contribution in [2.45, 2.75) is 19.0 Å². The Morgan fingerprint density at radius 2 is 2.17 bits per heavy atom. The molecule has 23 heavy (non-hydrogen) atoms. The number of alkyl halides is 2. The number of hydrogen-bond acceptors (Lipinski definition) is 6. The molecule has 0 saturated carbocycles. The van der Waals surface area contributed by atoms with Crippen molar-refractivity contribution in [3.63, 3.8) is 0 Å². The molecule has 1 fully saturated rings. The highest BCUT2D eigenvalue weighted by molar-refractivity contribution is 5.85. The van der Waals surface area contributed by atoms with Crippen molar-refractivity contribution >= 4 is 12.4 Å². The van der Waals surface area contributed by atoms with Crippen molar-refractivity contribution in [1.82, 2.24) is 15.5 Å². The summed E-state index contributed by atoms with van der Waals surface area (Å²) in [4.78, 5) is 4.37. The molecule has 0 unspecified atom stereocenters. The van der Waals surface area contributed by atoms with Crippen LogP contribution in [0.25, 0.3) is 11.4 Å². The summed E-state index contributed by atoms with van der Waals surface area (Å²) in [7, 11) is 1.38. The lowest BCUT2D eigenvalue weighted by Crippen LogP contribution is -2.08. The van der Waals surface area contributed by atoms with Crippen LogP contribution >= 0.6 is 12.4 Å². The molecule has 1 N–H and O–H groups in total. The van der Waals surface area contributed by atoms with Crippen LogP contribution in [0.3, 0.4) is 0 Å². The molecule has 3 rings (SSSR count). The molecule has 1 aliphatic heterocycles. The van der Waals surface area contributed by atoms with Crippen LogP contribution < -0.4 is 14.8 Å². The van der Waals surface area contributed by atoms with Gasteiger partial charge in [-0.2, -0.15) is 13.8 Å². The maximum absolute atomic E-state index is 12.3. The highest BCUT2D eigenvalue weighted by atomic mass is 35.5. The summed E-state index contributed by atoms with van der Waals surface area (Å²) >= 11 is 0. The minimum atomic E-state index is -2.91. The Balaban J connectivity index is 0.00000192. The van der Waals surface area contributed by atoms with Gasteiger partial charge in [0, 0.05) is 12.1 Å². The summed E-state index contributed by atoms with van der Waals surface area (Å²) in [5.74, 6) is 1.33. The van der Waals surface area contributed by atoms with E-state index in [-0.39, 0.29) is 29.8 Å². The van der Waals surface area contributed by atoms with Crippen LogP contribution in [-0.4, -0.2) is 37.0 Å². The summed E-state index contributed by atoms with van der Waals surface area (Å²) in [5.41, 5.74) is 0.611. The van der Waals surface area contributed by atoms with E-state index in [1.54, 1.807) is 12.1 Å². The summed E-state index contributed by atoms with van der Waals surface area (Å²) in [5, 5.41) is 7.17. The van der Waals surface area contributed by atoms with Gasteiger partial charge < -0.3 is 19.3 Å². The Kier molecular flexibility index (Phi) is 5.73. The zero-order chi connectivity index (χ0) is 15.5. The van der Waals surface area contributed by atoms with Gasteiger partial charge in [0.2, 0.25) is 11.7 Å². The average molecular weight is 348 g/mol. The quantitative estimate of drug-likeness (QED) is 0.897. The predicted molar refractivity (Wildman–Crippen MR) is 80.4 cm³/mol. The van der Waals surface area contributed by atoms with E-state index in [1.807, 2.05) is 0 Å². The topological polar surface area (TPSA) is 69.4 Å². The van der Waals surface area contributed by atoms with Crippen LogP contribution in [0.1, 0.15) is 18.2 Å². The molecule has 2 aromatic rings. The van der Waals surface area contributed by atoms with Gasteiger partial charge in [0.1, 0.15) is 0 Å². The number of nitrogens with one attached hydrogen (secondary N) is 1. The zero-order valence-corrected chi connectivity index (χ0v) is 13.1. The number of methoxy groups -OCH3 is 1. The fraction of sp³-hybridized carbons (Fsp3) is 0.429. The lowest BCUT2D eigenvalue weighted by molar-refractivity contribution is -0.0512. The van der Waals surface area contributed by atoms with Crippen LogP contribution in [-0.2, 0) is 0 Å². The summed E-state index contributed by atoms with van der Waals surface area (Å²) in [6.45, 7) is -1.17. The van der Waals surface area contributed by atoms with Crippen LogP contribution in [0, 0.1) is 0 Å². The lowest BCUT2D eigenvalue weighted by Gasteiger charge is -2.10. The zero-order valence-electron chi connectivity index (χ0n) is 12.3. The first-order valence-electron chi connectivity index (χ1n) is 6.85. The minimum Gasteiger partial charge on any atom is -0.493 e. The van der Waals surface area contributed by atoms with E-state index in [9.17, 15) is 8.78 Å². The molecular formula is C14H16ClF2N3O3. The molecule has 9 heteroatoms. The van der Waals surface area contributed by atoms with Crippen molar-refractivity contribution in [3.05, 3.63) is 24.1 Å². The van der Waals surface area contributed by atoms with Crippen molar-refractivity contribution < 1.29 is 22.8 Å². The molecule has 1 saturated heterocycles. The Morgan fingerprint density at radius 3 is 2.83 bits per heavy atom. The SMILES string of the molecule is COc1cc(-c2noc([C@H]3CCNC3)n2)ccc1OC(F)F.Cl. The minimum absolute atomic E-state index is 0. The van der Waals surface area contributed by atoms with Crippen molar-refractivity contribution in [2.75, 3.05) is 20.2 Å². The van der Waals surface area contributed by atoms with E-state index in [0.29, 0.717) is 17.3 Å². The fourth-order valence-corrected chi connectivity index (χ4v) is 2.38. The van der Waals surface area contributed by atoms with E-state index in [1.165, 1.54) is 13.2 Å². The van der Waals surface area contributed by atoms with Gasteiger partial charge in [0.05, 0.1) is 13.0 Å². The van der Waals surface area contributed by atoms with E-state index in [0.717, 1.165) is 19.5 Å². The smallest absolute Gasteiger partial charge is 0.387 e. The van der Waals surface area contributed by atoms with Gasteiger partial charge in [-0.3, -0.25) is 0 Å². The standard InChI is InChI=1S/C14H15F2N3O3.ClH/c1-20-11-6-8(2-3-10(11)21-14(15)16)12-18-13(22-19-12)9-4-5-17-7-9;/h2-3,6,9,14,17H,4-5,7H2,1H3;1H/t9-;/m0./s1. The molecule has 0 bridgehead atoms. The second kappa shape index (κ2) is 7.56. The molecule has 0 spiro atoms. The van der Waals surface area contributed by atoms with E-state index >= 15 is 0 Å². The Morgan fingerprint density at radius 1 is 1.35 bits per heavy atom. The first-order chi connectivity index (χ1) is 10.7. The van der Waals surface area contributed by atoms with Gasteiger partial charge in [-0.15, -0.1) is 12.4 Å². The van der Waals surface area contributed by atoms with Crippen LogP contribution in [0.15, 0.2) is 22.7 Å². The number of aromatic nitrogens is 2. The molecule has 0 radical (unpaired) electrons. The molecule has 0 amide bonds. The van der Waals surface area contributed by atoms with Gasteiger partial charge in [0.15, 0.2) is 11.5 Å². The van der Waals surface area contributed by atoms with Gasteiger partial charge in [-0.05, 0) is 31.2 Å². The molecule has 1 aromatic carbocycles. The maximum atomic E-state index is 12.3. The second-order valence-corrected chi connectivity index (χ2v) is 4.89. The van der Waals surface area contributed by atoms with Gasteiger partial charge in [-0.1, -0.05) is 5.16 Å². The second-order valence-electron chi connectivity index (χ2n) is 4.89. The number of hydrogen-bond donors (Lipinski definition) is 1. The number of benzene rings is 1. The Bertz CT molecular complexity index is 648. The first-order valence-corrected chi connectivity index (χ1v) is 6.85. The normalized spacial score (nSPS) is 17.1. The van der Waals surface area contributed by atoms with E-state index in [2.05, 4.69) is 20.2 Å². The monoisotopic (exact) mass is 347 g/mol. The molecule has 1 atom stereocenters. The average Bonchev–Trinajstić information content (AvgIpc) is 3.18. The van der Waals surface area contributed by atoms with E-state index < -0.39 is 6.61 Å². The highest BCUT2D eigenvalue weighted by Gasteiger charge is 2.23. The number of halogens is 3. The molecule has 1 aromatic heterocycles. The van der Waals surface area contributed by atoms with Crippen molar-refractivity contribution in [1.29, 1.82) is 0 Å². The Hall–Kier alpha value is -1.93. The van der Waals surface area contributed by atoms with Crippen LogP contribution in [0.4, 0.5) is 8.78 Å². The van der Waals surface area contributed by atoms with Crippen molar-refractivity contribution in [2.24, 2.45) is 0 Å². The number of nitrogens with zero attached hydrogens (tertiary/aromatic N) is 2. The maximum Gasteiger partial charge on any atom is 0.387 e. The van der Waals surface area contributed by atoms with Crippen LogP contribution in [0.5, 0.6) is 11.5 Å². The summed E-state index contributed by atoms with van der Waals surface area (Å²) < 4.78 is 39.3. The molecule has 2 heterocycles. The first kappa shape index (κ1) is 17.4. The molecule has 126 valence electrons. The number of rotatable bonds is 5. The Labute approximate surface area is 137 Å². The number of ether oxygens (including phenoxy) is 2. The molecule has 6 nitrogen and oxygen atoms in total. The summed E-state index contributed by atoms with van der Waals surface area (Å²) in [6, 6.07) is 4.52. The van der Waals surface area contributed by atoms with Crippen LogP contribution in [0.2, 0.25) is 0 Å². The third kappa shape index (κ3) is 3.89. The fourth-order valence-electron chi connectivity index (χ4n) is 2.38.